The summed E-state index contributed by atoms with van der Waals surface area (Å²) >= 11 is 0. The van der Waals surface area contributed by atoms with Gasteiger partial charge in [0, 0.05) is 13.1 Å². The number of halogens is 2. The number of nitrogens with two attached hydrogens (primary N) is 2. The number of anilines is 2. The molecular weight excluding hydrogens is 175 g/mol. The van der Waals surface area contributed by atoms with E-state index in [4.69, 9.17) is 11.5 Å². The molecule has 0 bridgehead atoms. The second-order valence-corrected chi connectivity index (χ2v) is 1.62. The first-order chi connectivity index (χ1) is 3.70. The normalized spacial score (nSPS) is 7.70. The Labute approximate surface area is 71.4 Å². The predicted octanol–water partition coefficient (Wildman–Crippen LogP) is 0.428. The molecule has 0 spiro atoms. The molecule has 0 unspecified atom stereocenters. The fourth-order valence-electron chi connectivity index (χ4n) is 0.505. The third-order valence-corrected chi connectivity index (χ3v) is 0.935. The Hall–Kier alpha value is -0.610. The molecule has 0 saturated carbocycles. The zero-order chi connectivity index (χ0) is 6.15. The molecule has 0 fully saturated rings. The molecular formula is C4H10Cl2N4. The van der Waals surface area contributed by atoms with Gasteiger partial charge in [0.05, 0.1) is 0 Å². The maximum absolute atomic E-state index is 5.36. The van der Waals surface area contributed by atoms with E-state index in [0.29, 0.717) is 11.6 Å². The lowest BCUT2D eigenvalue weighted by atomic mass is 10.6. The van der Waals surface area contributed by atoms with Crippen molar-refractivity contribution in [2.75, 3.05) is 11.5 Å². The van der Waals surface area contributed by atoms with E-state index >= 15 is 0 Å². The van der Waals surface area contributed by atoms with E-state index in [1.807, 2.05) is 0 Å². The first-order valence-corrected chi connectivity index (χ1v) is 2.25. The van der Waals surface area contributed by atoms with Crippen molar-refractivity contribution in [3.8, 4) is 0 Å². The zero-order valence-electron chi connectivity index (χ0n) is 5.44. The van der Waals surface area contributed by atoms with E-state index < -0.39 is 0 Å². The minimum atomic E-state index is 0. The van der Waals surface area contributed by atoms with Crippen LogP contribution in [0.2, 0.25) is 0 Å². The van der Waals surface area contributed by atoms with Crippen LogP contribution < -0.4 is 11.5 Å². The summed E-state index contributed by atoms with van der Waals surface area (Å²) < 4.78 is 1.52. The molecule has 0 radical (unpaired) electrons. The van der Waals surface area contributed by atoms with Gasteiger partial charge in [0.2, 0.25) is 0 Å². The van der Waals surface area contributed by atoms with Crippen molar-refractivity contribution >= 4 is 36.4 Å². The fourth-order valence-corrected chi connectivity index (χ4v) is 0.505. The van der Waals surface area contributed by atoms with Gasteiger partial charge in [-0.2, -0.15) is 5.10 Å². The quantitative estimate of drug-likeness (QED) is 0.615. The molecule has 0 aliphatic heterocycles. The topological polar surface area (TPSA) is 69.9 Å². The number of aryl methyl sites for hydroxylation is 1. The van der Waals surface area contributed by atoms with Crippen molar-refractivity contribution in [3.05, 3.63) is 6.07 Å². The summed E-state index contributed by atoms with van der Waals surface area (Å²) in [7, 11) is 1.74. The summed E-state index contributed by atoms with van der Waals surface area (Å²) in [6, 6.07) is 1.61. The summed E-state index contributed by atoms with van der Waals surface area (Å²) in [5.41, 5.74) is 10.6. The molecule has 1 aromatic rings. The molecule has 60 valence electrons. The van der Waals surface area contributed by atoms with Crippen molar-refractivity contribution in [3.63, 3.8) is 0 Å². The average Bonchev–Trinajstić information content (AvgIpc) is 1.85. The lowest BCUT2D eigenvalue weighted by Crippen LogP contribution is -1.96. The van der Waals surface area contributed by atoms with Crippen LogP contribution >= 0.6 is 24.8 Å². The molecule has 4 N–H and O–H groups in total. The molecule has 0 aliphatic rings. The lowest BCUT2D eigenvalue weighted by Gasteiger charge is -1.87. The number of nitrogens with zero attached hydrogens (tertiary/aromatic N) is 2. The highest BCUT2D eigenvalue weighted by molar-refractivity contribution is 5.85. The van der Waals surface area contributed by atoms with E-state index in [1.54, 1.807) is 13.1 Å². The molecule has 1 aromatic heterocycles. The number of hydrogen-bond donors (Lipinski definition) is 2. The molecule has 4 nitrogen and oxygen atoms in total. The standard InChI is InChI=1S/C4H8N4.2ClH/c1-8-4(6)2-3(5)7-8;;/h2H,6H2,1H3,(H2,5,7);2*1H. The van der Waals surface area contributed by atoms with Gasteiger partial charge in [-0.05, 0) is 0 Å². The molecule has 1 heterocycles. The van der Waals surface area contributed by atoms with Crippen molar-refractivity contribution in [2.45, 2.75) is 0 Å². The number of hydrogen-bond acceptors (Lipinski definition) is 3. The maximum atomic E-state index is 5.36. The van der Waals surface area contributed by atoms with Crippen LogP contribution in [-0.4, -0.2) is 9.78 Å². The largest absolute Gasteiger partial charge is 0.384 e. The fraction of sp³-hybridized carbons (Fsp3) is 0.250. The van der Waals surface area contributed by atoms with E-state index in [9.17, 15) is 0 Å². The van der Waals surface area contributed by atoms with Crippen LogP contribution in [0, 0.1) is 0 Å². The molecule has 0 aliphatic carbocycles. The van der Waals surface area contributed by atoms with Crippen LogP contribution in [0.15, 0.2) is 6.07 Å². The molecule has 10 heavy (non-hydrogen) atoms. The summed E-state index contributed by atoms with van der Waals surface area (Å²) in [4.78, 5) is 0. The number of nitrogen functional groups attached to an aromatic ring is 2. The SMILES string of the molecule is Cl.Cl.Cn1nc(N)cc1N. The molecule has 6 heteroatoms. The monoisotopic (exact) mass is 184 g/mol. The third kappa shape index (κ3) is 2.33. The lowest BCUT2D eigenvalue weighted by molar-refractivity contribution is 0.783. The maximum Gasteiger partial charge on any atom is 0.147 e. The molecule has 1 rings (SSSR count). The Bertz CT molecular complexity index is 178. The van der Waals surface area contributed by atoms with E-state index in [1.165, 1.54) is 4.68 Å². The third-order valence-electron chi connectivity index (χ3n) is 0.935. The van der Waals surface area contributed by atoms with Gasteiger partial charge in [-0.15, -0.1) is 24.8 Å². The Kier molecular flexibility index (Phi) is 5.14. The summed E-state index contributed by atoms with van der Waals surface area (Å²) in [5, 5.41) is 3.78. The molecule has 0 saturated heterocycles. The van der Waals surface area contributed by atoms with Crippen LogP contribution in [-0.2, 0) is 7.05 Å². The Morgan fingerprint density at radius 3 is 2.00 bits per heavy atom. The van der Waals surface area contributed by atoms with Gasteiger partial charge in [0.1, 0.15) is 11.6 Å². The smallest absolute Gasteiger partial charge is 0.147 e. The molecule has 0 aromatic carbocycles. The highest BCUT2D eigenvalue weighted by Crippen LogP contribution is 2.03. The number of aromatic nitrogens is 2. The summed E-state index contributed by atoms with van der Waals surface area (Å²) in [6.07, 6.45) is 0. The van der Waals surface area contributed by atoms with Gasteiger partial charge in [-0.3, -0.25) is 4.68 Å². The van der Waals surface area contributed by atoms with Crippen molar-refractivity contribution in [1.82, 2.24) is 9.78 Å². The zero-order valence-corrected chi connectivity index (χ0v) is 7.08. The average molecular weight is 185 g/mol. The van der Waals surface area contributed by atoms with Crippen LogP contribution in [0.4, 0.5) is 11.6 Å². The van der Waals surface area contributed by atoms with Crippen LogP contribution in [0.25, 0.3) is 0 Å². The van der Waals surface area contributed by atoms with Crippen molar-refractivity contribution < 1.29 is 0 Å². The van der Waals surface area contributed by atoms with Crippen molar-refractivity contribution in [2.24, 2.45) is 7.05 Å². The summed E-state index contributed by atoms with van der Waals surface area (Å²) in [6.45, 7) is 0. The van der Waals surface area contributed by atoms with Gasteiger partial charge in [0.25, 0.3) is 0 Å². The first-order valence-electron chi connectivity index (χ1n) is 2.25. The van der Waals surface area contributed by atoms with E-state index in [0.717, 1.165) is 0 Å². The summed E-state index contributed by atoms with van der Waals surface area (Å²) in [5.74, 6) is 1.05. The molecule has 0 amide bonds. The Morgan fingerprint density at radius 2 is 1.90 bits per heavy atom. The predicted molar refractivity (Wildman–Crippen MR) is 46.5 cm³/mol. The van der Waals surface area contributed by atoms with Gasteiger partial charge in [-0.1, -0.05) is 0 Å². The Balaban J connectivity index is 0. The van der Waals surface area contributed by atoms with Gasteiger partial charge < -0.3 is 11.5 Å². The Morgan fingerprint density at radius 1 is 1.40 bits per heavy atom. The highest BCUT2D eigenvalue weighted by atomic mass is 35.5. The first kappa shape index (κ1) is 12.1. The van der Waals surface area contributed by atoms with Crippen LogP contribution in [0.5, 0.6) is 0 Å². The van der Waals surface area contributed by atoms with Crippen LogP contribution in [0.3, 0.4) is 0 Å². The van der Waals surface area contributed by atoms with Crippen LogP contribution in [0.1, 0.15) is 0 Å². The highest BCUT2D eigenvalue weighted by Gasteiger charge is 1.93. The second-order valence-electron chi connectivity index (χ2n) is 1.62. The number of rotatable bonds is 0. The van der Waals surface area contributed by atoms with Gasteiger partial charge >= 0.3 is 0 Å². The minimum absolute atomic E-state index is 0. The van der Waals surface area contributed by atoms with Gasteiger partial charge in [-0.25, -0.2) is 0 Å². The van der Waals surface area contributed by atoms with Crippen molar-refractivity contribution in [1.29, 1.82) is 0 Å². The minimum Gasteiger partial charge on any atom is -0.384 e. The molecule has 0 atom stereocenters. The van der Waals surface area contributed by atoms with E-state index in [2.05, 4.69) is 5.10 Å². The second kappa shape index (κ2) is 4.24. The van der Waals surface area contributed by atoms with E-state index in [-0.39, 0.29) is 24.8 Å². The van der Waals surface area contributed by atoms with Gasteiger partial charge in [0.15, 0.2) is 0 Å².